The van der Waals surface area contributed by atoms with Crippen LogP contribution >= 0.6 is 11.6 Å². The minimum Gasteiger partial charge on any atom is -0.455 e. The van der Waals surface area contributed by atoms with Gasteiger partial charge in [0, 0.05) is 16.8 Å². The second-order valence-electron chi connectivity index (χ2n) is 3.60. The highest BCUT2D eigenvalue weighted by molar-refractivity contribution is 6.30. The van der Waals surface area contributed by atoms with Crippen molar-refractivity contribution in [1.82, 2.24) is 4.98 Å². The lowest BCUT2D eigenvalue weighted by molar-refractivity contribution is 0.276. The molecule has 0 aliphatic carbocycles. The number of hydrogen-bond donors (Lipinski definition) is 1. The monoisotopic (exact) mass is 249 g/mol. The SMILES string of the molecule is Cc1ncccc1Oc1ccc(Cl)cc1CO. The van der Waals surface area contributed by atoms with Crippen molar-refractivity contribution >= 4 is 11.6 Å². The molecule has 0 saturated carbocycles. The summed E-state index contributed by atoms with van der Waals surface area (Å²) < 4.78 is 5.71. The largest absolute Gasteiger partial charge is 0.455 e. The van der Waals surface area contributed by atoms with Crippen molar-refractivity contribution in [3.8, 4) is 11.5 Å². The maximum Gasteiger partial charge on any atom is 0.148 e. The second-order valence-corrected chi connectivity index (χ2v) is 4.04. The molecule has 1 heterocycles. The van der Waals surface area contributed by atoms with Gasteiger partial charge in [-0.15, -0.1) is 0 Å². The summed E-state index contributed by atoms with van der Waals surface area (Å²) in [5.74, 6) is 1.26. The third kappa shape index (κ3) is 2.75. The molecule has 0 amide bonds. The zero-order chi connectivity index (χ0) is 12.3. The number of aryl methyl sites for hydroxylation is 1. The molecule has 17 heavy (non-hydrogen) atoms. The van der Waals surface area contributed by atoms with Gasteiger partial charge in [0.25, 0.3) is 0 Å². The van der Waals surface area contributed by atoms with Gasteiger partial charge >= 0.3 is 0 Å². The molecule has 2 rings (SSSR count). The number of rotatable bonds is 3. The Labute approximate surface area is 105 Å². The van der Waals surface area contributed by atoms with E-state index in [1.54, 1.807) is 30.5 Å². The average Bonchev–Trinajstić information content (AvgIpc) is 2.34. The van der Waals surface area contributed by atoms with Gasteiger partial charge in [-0.3, -0.25) is 4.98 Å². The Hall–Kier alpha value is -1.58. The average molecular weight is 250 g/mol. The Morgan fingerprint density at radius 2 is 2.12 bits per heavy atom. The molecule has 0 aliphatic heterocycles. The lowest BCUT2D eigenvalue weighted by Crippen LogP contribution is -1.94. The summed E-state index contributed by atoms with van der Waals surface area (Å²) in [6, 6.07) is 8.78. The van der Waals surface area contributed by atoms with Crippen LogP contribution in [0.15, 0.2) is 36.5 Å². The van der Waals surface area contributed by atoms with Crippen LogP contribution in [0.2, 0.25) is 5.02 Å². The first-order valence-electron chi connectivity index (χ1n) is 5.19. The quantitative estimate of drug-likeness (QED) is 0.907. The molecule has 0 fully saturated rings. The number of nitrogens with zero attached hydrogens (tertiary/aromatic N) is 1. The van der Waals surface area contributed by atoms with Crippen molar-refractivity contribution < 1.29 is 9.84 Å². The Balaban J connectivity index is 2.33. The molecular formula is C13H12ClNO2. The first-order chi connectivity index (χ1) is 8.20. The molecule has 1 aromatic carbocycles. The van der Waals surface area contributed by atoms with Crippen molar-refractivity contribution in [2.75, 3.05) is 0 Å². The molecule has 0 unspecified atom stereocenters. The van der Waals surface area contributed by atoms with E-state index in [9.17, 15) is 5.11 Å². The van der Waals surface area contributed by atoms with Crippen LogP contribution < -0.4 is 4.74 Å². The Morgan fingerprint density at radius 3 is 2.82 bits per heavy atom. The van der Waals surface area contributed by atoms with Crippen LogP contribution in [0.3, 0.4) is 0 Å². The van der Waals surface area contributed by atoms with Crippen molar-refractivity contribution in [2.24, 2.45) is 0 Å². The van der Waals surface area contributed by atoms with E-state index in [-0.39, 0.29) is 6.61 Å². The zero-order valence-corrected chi connectivity index (χ0v) is 10.1. The number of aliphatic hydroxyl groups excluding tert-OH is 1. The fourth-order valence-corrected chi connectivity index (χ4v) is 1.66. The van der Waals surface area contributed by atoms with Crippen molar-refractivity contribution in [3.05, 3.63) is 52.8 Å². The standard InChI is InChI=1S/C13H12ClNO2/c1-9-12(3-2-6-15-9)17-13-5-4-11(14)7-10(13)8-16/h2-7,16H,8H2,1H3. The zero-order valence-electron chi connectivity index (χ0n) is 9.35. The van der Waals surface area contributed by atoms with E-state index in [0.717, 1.165) is 5.69 Å². The lowest BCUT2D eigenvalue weighted by Gasteiger charge is -2.11. The highest BCUT2D eigenvalue weighted by Gasteiger charge is 2.07. The predicted molar refractivity (Wildman–Crippen MR) is 66.4 cm³/mol. The second kappa shape index (κ2) is 5.17. The highest BCUT2D eigenvalue weighted by Crippen LogP contribution is 2.28. The summed E-state index contributed by atoms with van der Waals surface area (Å²) in [4.78, 5) is 4.13. The number of ether oxygens (including phenoxy) is 1. The van der Waals surface area contributed by atoms with Gasteiger partial charge in [-0.05, 0) is 37.3 Å². The Bertz CT molecular complexity index is 529. The molecule has 0 radical (unpaired) electrons. The summed E-state index contributed by atoms with van der Waals surface area (Å²) in [7, 11) is 0. The lowest BCUT2D eigenvalue weighted by atomic mass is 10.2. The van der Waals surface area contributed by atoms with Gasteiger partial charge in [0.05, 0.1) is 12.3 Å². The van der Waals surface area contributed by atoms with Crippen LogP contribution in [0.4, 0.5) is 0 Å². The van der Waals surface area contributed by atoms with E-state index < -0.39 is 0 Å². The maximum absolute atomic E-state index is 9.24. The fourth-order valence-electron chi connectivity index (χ4n) is 1.47. The molecule has 0 bridgehead atoms. The normalized spacial score (nSPS) is 10.3. The first-order valence-corrected chi connectivity index (χ1v) is 5.57. The van der Waals surface area contributed by atoms with Gasteiger partial charge in [0.2, 0.25) is 0 Å². The van der Waals surface area contributed by atoms with Crippen LogP contribution in [0, 0.1) is 6.92 Å². The van der Waals surface area contributed by atoms with Crippen LogP contribution in [0.25, 0.3) is 0 Å². The minimum absolute atomic E-state index is 0.116. The molecular weight excluding hydrogens is 238 g/mol. The van der Waals surface area contributed by atoms with E-state index >= 15 is 0 Å². The van der Waals surface area contributed by atoms with Crippen molar-refractivity contribution in [2.45, 2.75) is 13.5 Å². The number of halogens is 1. The molecule has 0 atom stereocenters. The number of hydrogen-bond acceptors (Lipinski definition) is 3. The smallest absolute Gasteiger partial charge is 0.148 e. The molecule has 2 aromatic rings. The topological polar surface area (TPSA) is 42.4 Å². The van der Waals surface area contributed by atoms with E-state index in [1.165, 1.54) is 0 Å². The van der Waals surface area contributed by atoms with Crippen LogP contribution in [-0.4, -0.2) is 10.1 Å². The number of aliphatic hydroxyl groups is 1. The highest BCUT2D eigenvalue weighted by atomic mass is 35.5. The molecule has 0 aliphatic rings. The van der Waals surface area contributed by atoms with Gasteiger partial charge < -0.3 is 9.84 Å². The summed E-state index contributed by atoms with van der Waals surface area (Å²) in [5, 5.41) is 9.81. The molecule has 0 spiro atoms. The number of aromatic nitrogens is 1. The molecule has 1 aromatic heterocycles. The first kappa shape index (κ1) is 11.9. The third-order valence-electron chi connectivity index (χ3n) is 2.37. The number of benzene rings is 1. The van der Waals surface area contributed by atoms with Gasteiger partial charge in [-0.2, -0.15) is 0 Å². The van der Waals surface area contributed by atoms with E-state index in [4.69, 9.17) is 16.3 Å². The molecule has 3 nitrogen and oxygen atoms in total. The van der Waals surface area contributed by atoms with Gasteiger partial charge in [-0.25, -0.2) is 0 Å². The molecule has 1 N–H and O–H groups in total. The summed E-state index contributed by atoms with van der Waals surface area (Å²) in [5.41, 5.74) is 1.45. The van der Waals surface area contributed by atoms with Crippen LogP contribution in [0.1, 0.15) is 11.3 Å². The van der Waals surface area contributed by atoms with E-state index in [2.05, 4.69) is 4.98 Å². The van der Waals surface area contributed by atoms with Crippen LogP contribution in [0.5, 0.6) is 11.5 Å². The number of pyridine rings is 1. The summed E-state index contributed by atoms with van der Waals surface area (Å²) >= 11 is 5.85. The van der Waals surface area contributed by atoms with Crippen molar-refractivity contribution in [3.63, 3.8) is 0 Å². The summed E-state index contributed by atoms with van der Waals surface area (Å²) in [6.45, 7) is 1.75. The molecule has 88 valence electrons. The van der Waals surface area contributed by atoms with Gasteiger partial charge in [0.1, 0.15) is 11.5 Å². The van der Waals surface area contributed by atoms with Crippen molar-refractivity contribution in [1.29, 1.82) is 0 Å². The van der Waals surface area contributed by atoms with Gasteiger partial charge in [0.15, 0.2) is 0 Å². The van der Waals surface area contributed by atoms with Crippen LogP contribution in [-0.2, 0) is 6.61 Å². The summed E-state index contributed by atoms with van der Waals surface area (Å²) in [6.07, 6.45) is 1.71. The molecule has 0 saturated heterocycles. The van der Waals surface area contributed by atoms with E-state index in [0.29, 0.717) is 22.1 Å². The minimum atomic E-state index is -0.116. The third-order valence-corrected chi connectivity index (χ3v) is 2.61. The fraction of sp³-hybridized carbons (Fsp3) is 0.154. The maximum atomic E-state index is 9.24. The molecule has 4 heteroatoms. The Kier molecular flexibility index (Phi) is 3.61. The predicted octanol–water partition coefficient (Wildman–Crippen LogP) is 3.33. The Morgan fingerprint density at radius 1 is 1.29 bits per heavy atom. The van der Waals surface area contributed by atoms with Gasteiger partial charge in [-0.1, -0.05) is 11.6 Å². The van der Waals surface area contributed by atoms with E-state index in [1.807, 2.05) is 13.0 Å².